The molecule has 5 heteroatoms. The molecule has 1 aromatic heterocycles. The van der Waals surface area contributed by atoms with E-state index in [1.165, 1.54) is 0 Å². The number of hydrogen-bond donors (Lipinski definition) is 0. The van der Waals surface area contributed by atoms with Crippen molar-refractivity contribution in [3.05, 3.63) is 60.0 Å². The number of aryl methyl sites for hydroxylation is 1. The van der Waals surface area contributed by atoms with E-state index in [0.29, 0.717) is 11.7 Å². The highest BCUT2D eigenvalue weighted by molar-refractivity contribution is 5.55. The van der Waals surface area contributed by atoms with Crippen LogP contribution in [0.3, 0.4) is 0 Å². The SMILES string of the molecule is COc1ccc(-c2noc(COc3cccc(C)c3)n2)cc1. The maximum absolute atomic E-state index is 5.64. The van der Waals surface area contributed by atoms with Gasteiger partial charge in [0.1, 0.15) is 11.5 Å². The molecule has 0 aliphatic carbocycles. The van der Waals surface area contributed by atoms with Crippen molar-refractivity contribution in [2.45, 2.75) is 13.5 Å². The lowest BCUT2D eigenvalue weighted by Gasteiger charge is -2.03. The Morgan fingerprint density at radius 2 is 1.86 bits per heavy atom. The van der Waals surface area contributed by atoms with Crippen LogP contribution in [-0.2, 0) is 6.61 Å². The summed E-state index contributed by atoms with van der Waals surface area (Å²) in [5, 5.41) is 3.96. The number of hydrogen-bond acceptors (Lipinski definition) is 5. The quantitative estimate of drug-likeness (QED) is 0.719. The molecule has 3 rings (SSSR count). The molecule has 0 radical (unpaired) electrons. The summed E-state index contributed by atoms with van der Waals surface area (Å²) in [7, 11) is 1.63. The van der Waals surface area contributed by atoms with E-state index in [4.69, 9.17) is 14.0 Å². The molecule has 0 bridgehead atoms. The molecule has 0 aliphatic rings. The number of nitrogens with zero attached hydrogens (tertiary/aromatic N) is 2. The van der Waals surface area contributed by atoms with Gasteiger partial charge in [-0.2, -0.15) is 4.98 Å². The summed E-state index contributed by atoms with van der Waals surface area (Å²) in [5.41, 5.74) is 2.01. The van der Waals surface area contributed by atoms with E-state index < -0.39 is 0 Å². The van der Waals surface area contributed by atoms with Crippen molar-refractivity contribution in [1.82, 2.24) is 10.1 Å². The van der Waals surface area contributed by atoms with Gasteiger partial charge in [0.05, 0.1) is 7.11 Å². The largest absolute Gasteiger partial charge is 0.497 e. The van der Waals surface area contributed by atoms with E-state index in [0.717, 1.165) is 22.6 Å². The van der Waals surface area contributed by atoms with Crippen LogP contribution in [0.25, 0.3) is 11.4 Å². The number of methoxy groups -OCH3 is 1. The fraction of sp³-hybridized carbons (Fsp3) is 0.176. The predicted molar refractivity (Wildman–Crippen MR) is 81.8 cm³/mol. The Hall–Kier alpha value is -2.82. The summed E-state index contributed by atoms with van der Waals surface area (Å²) in [6, 6.07) is 15.3. The van der Waals surface area contributed by atoms with Gasteiger partial charge in [-0.3, -0.25) is 0 Å². The summed E-state index contributed by atoms with van der Waals surface area (Å²) in [4.78, 5) is 4.33. The second-order valence-electron chi connectivity index (χ2n) is 4.85. The second kappa shape index (κ2) is 6.30. The smallest absolute Gasteiger partial charge is 0.264 e. The number of ether oxygens (including phenoxy) is 2. The van der Waals surface area contributed by atoms with Crippen molar-refractivity contribution in [3.8, 4) is 22.9 Å². The van der Waals surface area contributed by atoms with Gasteiger partial charge in [-0.05, 0) is 48.9 Å². The summed E-state index contributed by atoms with van der Waals surface area (Å²) in [5.74, 6) is 2.54. The van der Waals surface area contributed by atoms with Gasteiger partial charge in [0.25, 0.3) is 5.89 Å². The number of benzene rings is 2. The molecule has 0 N–H and O–H groups in total. The average Bonchev–Trinajstić information content (AvgIpc) is 3.02. The van der Waals surface area contributed by atoms with Crippen molar-refractivity contribution in [1.29, 1.82) is 0 Å². The van der Waals surface area contributed by atoms with Crippen LogP contribution in [0.4, 0.5) is 0 Å². The van der Waals surface area contributed by atoms with Gasteiger partial charge in [-0.1, -0.05) is 17.3 Å². The van der Waals surface area contributed by atoms with Crippen molar-refractivity contribution in [2.24, 2.45) is 0 Å². The molecule has 0 atom stereocenters. The fourth-order valence-corrected chi connectivity index (χ4v) is 2.02. The molecule has 3 aromatic rings. The van der Waals surface area contributed by atoms with Crippen LogP contribution in [0.15, 0.2) is 53.1 Å². The Bertz CT molecular complexity index is 751. The summed E-state index contributed by atoms with van der Waals surface area (Å²) in [6.07, 6.45) is 0. The van der Waals surface area contributed by atoms with Crippen molar-refractivity contribution in [2.75, 3.05) is 7.11 Å². The second-order valence-corrected chi connectivity index (χ2v) is 4.85. The van der Waals surface area contributed by atoms with Gasteiger partial charge in [-0.25, -0.2) is 0 Å². The molecule has 1 heterocycles. The summed E-state index contributed by atoms with van der Waals surface area (Å²) < 4.78 is 16.0. The van der Waals surface area contributed by atoms with Gasteiger partial charge in [-0.15, -0.1) is 0 Å². The van der Waals surface area contributed by atoms with Crippen LogP contribution in [-0.4, -0.2) is 17.3 Å². The van der Waals surface area contributed by atoms with E-state index in [1.54, 1.807) is 7.11 Å². The zero-order valence-electron chi connectivity index (χ0n) is 12.4. The molecule has 0 saturated heterocycles. The molecular weight excluding hydrogens is 280 g/mol. The summed E-state index contributed by atoms with van der Waals surface area (Å²) in [6.45, 7) is 2.26. The first-order valence-corrected chi connectivity index (χ1v) is 6.91. The minimum atomic E-state index is 0.243. The minimum Gasteiger partial charge on any atom is -0.497 e. The third-order valence-electron chi connectivity index (χ3n) is 3.17. The molecule has 0 fully saturated rings. The van der Waals surface area contributed by atoms with Gasteiger partial charge in [0.15, 0.2) is 6.61 Å². The molecule has 0 spiro atoms. The molecule has 0 unspecified atom stereocenters. The molecule has 0 saturated carbocycles. The van der Waals surface area contributed by atoms with E-state index in [-0.39, 0.29) is 6.61 Å². The van der Waals surface area contributed by atoms with Crippen molar-refractivity contribution < 1.29 is 14.0 Å². The van der Waals surface area contributed by atoms with E-state index in [1.807, 2.05) is 55.5 Å². The first kappa shape index (κ1) is 14.1. The molecular formula is C17H16N2O3. The molecule has 5 nitrogen and oxygen atoms in total. The molecule has 0 amide bonds. The van der Waals surface area contributed by atoms with Crippen LogP contribution in [0.5, 0.6) is 11.5 Å². The predicted octanol–water partition coefficient (Wildman–Crippen LogP) is 3.63. The van der Waals surface area contributed by atoms with E-state index >= 15 is 0 Å². The Kier molecular flexibility index (Phi) is 4.05. The lowest BCUT2D eigenvalue weighted by molar-refractivity contribution is 0.243. The lowest BCUT2D eigenvalue weighted by Crippen LogP contribution is -1.95. The van der Waals surface area contributed by atoms with Crippen LogP contribution in [0.2, 0.25) is 0 Å². The van der Waals surface area contributed by atoms with Crippen LogP contribution < -0.4 is 9.47 Å². The van der Waals surface area contributed by atoms with Gasteiger partial charge in [0.2, 0.25) is 5.82 Å². The average molecular weight is 296 g/mol. The Morgan fingerprint density at radius 3 is 2.59 bits per heavy atom. The first-order chi connectivity index (χ1) is 10.7. The van der Waals surface area contributed by atoms with Gasteiger partial charge >= 0.3 is 0 Å². The van der Waals surface area contributed by atoms with Crippen LogP contribution in [0, 0.1) is 6.92 Å². The van der Waals surface area contributed by atoms with Crippen molar-refractivity contribution >= 4 is 0 Å². The normalized spacial score (nSPS) is 10.5. The van der Waals surface area contributed by atoms with E-state index in [2.05, 4.69) is 10.1 Å². The fourth-order valence-electron chi connectivity index (χ4n) is 2.02. The molecule has 112 valence electrons. The standard InChI is InChI=1S/C17H16N2O3/c1-12-4-3-5-15(10-12)21-11-16-18-17(19-22-16)13-6-8-14(20-2)9-7-13/h3-10H,11H2,1-2H3. The third-order valence-corrected chi connectivity index (χ3v) is 3.17. The highest BCUT2D eigenvalue weighted by Crippen LogP contribution is 2.20. The molecule has 22 heavy (non-hydrogen) atoms. The first-order valence-electron chi connectivity index (χ1n) is 6.91. The topological polar surface area (TPSA) is 57.4 Å². The van der Waals surface area contributed by atoms with Gasteiger partial charge < -0.3 is 14.0 Å². The summed E-state index contributed by atoms with van der Waals surface area (Å²) >= 11 is 0. The Morgan fingerprint density at radius 1 is 1.05 bits per heavy atom. The Balaban J connectivity index is 1.68. The van der Waals surface area contributed by atoms with Gasteiger partial charge in [0, 0.05) is 5.56 Å². The maximum atomic E-state index is 5.64. The zero-order chi connectivity index (χ0) is 15.4. The number of rotatable bonds is 5. The lowest BCUT2D eigenvalue weighted by atomic mass is 10.2. The highest BCUT2D eigenvalue weighted by atomic mass is 16.5. The Labute approximate surface area is 128 Å². The minimum absolute atomic E-state index is 0.243. The van der Waals surface area contributed by atoms with Crippen molar-refractivity contribution in [3.63, 3.8) is 0 Å². The number of aromatic nitrogens is 2. The monoisotopic (exact) mass is 296 g/mol. The maximum Gasteiger partial charge on any atom is 0.264 e. The van der Waals surface area contributed by atoms with Crippen LogP contribution in [0.1, 0.15) is 11.5 Å². The molecule has 2 aromatic carbocycles. The van der Waals surface area contributed by atoms with E-state index in [9.17, 15) is 0 Å². The zero-order valence-corrected chi connectivity index (χ0v) is 12.4. The van der Waals surface area contributed by atoms with Crippen LogP contribution >= 0.6 is 0 Å². The third kappa shape index (κ3) is 3.25. The highest BCUT2D eigenvalue weighted by Gasteiger charge is 2.09. The molecule has 0 aliphatic heterocycles.